The Morgan fingerprint density at radius 3 is 2.40 bits per heavy atom. The number of nitrogens with one attached hydrogen (secondary N) is 2. The van der Waals surface area contributed by atoms with E-state index in [0.29, 0.717) is 27.1 Å². The maximum absolute atomic E-state index is 12.7. The summed E-state index contributed by atoms with van der Waals surface area (Å²) in [4.78, 5) is 38.0. The molecule has 0 spiro atoms. The highest BCUT2D eigenvalue weighted by Crippen LogP contribution is 2.52. The Morgan fingerprint density at radius 1 is 1.10 bits per heavy atom. The van der Waals surface area contributed by atoms with E-state index in [0.717, 1.165) is 0 Å². The molecule has 30 heavy (non-hydrogen) atoms. The number of halogens is 1. The van der Waals surface area contributed by atoms with E-state index in [1.165, 1.54) is 14.2 Å². The minimum absolute atomic E-state index is 0.402. The molecule has 2 saturated heterocycles. The van der Waals surface area contributed by atoms with Crippen LogP contribution < -0.4 is 20.1 Å². The first-order valence-electron chi connectivity index (χ1n) is 9.18. The number of hydrogen-bond donors (Lipinski definition) is 3. The lowest BCUT2D eigenvalue weighted by Crippen LogP contribution is -2.52. The molecule has 2 heterocycles. The highest BCUT2D eigenvalue weighted by Gasteiger charge is 2.67. The van der Waals surface area contributed by atoms with Crippen molar-refractivity contribution in [1.82, 2.24) is 10.6 Å². The zero-order valence-corrected chi connectivity index (χ0v) is 17.7. The molecule has 4 unspecified atom stereocenters. The summed E-state index contributed by atoms with van der Waals surface area (Å²) >= 11 is 3.43. The van der Waals surface area contributed by atoms with Crippen molar-refractivity contribution in [3.05, 3.63) is 58.1 Å². The maximum atomic E-state index is 12.7. The van der Waals surface area contributed by atoms with Gasteiger partial charge in [-0.2, -0.15) is 0 Å². The number of rotatable bonds is 5. The van der Waals surface area contributed by atoms with E-state index in [1.807, 2.05) is 0 Å². The third kappa shape index (κ3) is 2.80. The van der Waals surface area contributed by atoms with E-state index < -0.39 is 41.2 Å². The van der Waals surface area contributed by atoms with Gasteiger partial charge < -0.3 is 14.6 Å². The Labute approximate surface area is 180 Å². The second-order valence-corrected chi connectivity index (χ2v) is 8.05. The van der Waals surface area contributed by atoms with Crippen LogP contribution in [0.5, 0.6) is 11.5 Å². The molecule has 0 saturated carbocycles. The van der Waals surface area contributed by atoms with E-state index in [1.54, 1.807) is 42.5 Å². The Bertz CT molecular complexity index is 1040. The van der Waals surface area contributed by atoms with Crippen LogP contribution in [0.3, 0.4) is 0 Å². The second kappa shape index (κ2) is 7.41. The van der Waals surface area contributed by atoms with Gasteiger partial charge in [0.15, 0.2) is 17.0 Å². The van der Waals surface area contributed by atoms with Crippen LogP contribution >= 0.6 is 15.9 Å². The molecule has 3 N–H and O–H groups in total. The van der Waals surface area contributed by atoms with E-state index in [9.17, 15) is 19.5 Å². The van der Waals surface area contributed by atoms with Gasteiger partial charge in [-0.15, -0.1) is 0 Å². The van der Waals surface area contributed by atoms with Crippen LogP contribution in [-0.4, -0.2) is 37.1 Å². The molecular weight excluding hydrogens is 456 g/mol. The first kappa shape index (κ1) is 20.4. The van der Waals surface area contributed by atoms with Crippen LogP contribution in [0.1, 0.15) is 17.2 Å². The molecule has 0 aromatic heterocycles. The van der Waals surface area contributed by atoms with Crippen LogP contribution in [0.4, 0.5) is 0 Å². The van der Waals surface area contributed by atoms with Crippen LogP contribution in [0.25, 0.3) is 0 Å². The Balaban J connectivity index is 1.91. The number of aliphatic carboxylic acids is 1. The summed E-state index contributed by atoms with van der Waals surface area (Å²) in [5.74, 6) is -3.47. The lowest BCUT2D eigenvalue weighted by molar-refractivity contribution is -0.149. The lowest BCUT2D eigenvalue weighted by atomic mass is 9.75. The largest absolute Gasteiger partial charge is 0.493 e. The Morgan fingerprint density at radius 2 is 1.80 bits per heavy atom. The summed E-state index contributed by atoms with van der Waals surface area (Å²) in [6.07, 6.45) is 0. The van der Waals surface area contributed by atoms with Crippen LogP contribution in [0.2, 0.25) is 0 Å². The molecule has 2 aromatic rings. The summed E-state index contributed by atoms with van der Waals surface area (Å²) in [5, 5.41) is 15.7. The number of carbonyl (C=O) groups excluding carboxylic acids is 2. The normalized spacial score (nSPS) is 27.5. The predicted octanol–water partition coefficient (Wildman–Crippen LogP) is 1.98. The van der Waals surface area contributed by atoms with Gasteiger partial charge in [-0.05, 0) is 39.2 Å². The second-order valence-electron chi connectivity index (χ2n) is 7.20. The molecule has 8 nitrogen and oxygen atoms in total. The molecule has 156 valence electrons. The number of hydrogen-bond acceptors (Lipinski definition) is 6. The van der Waals surface area contributed by atoms with E-state index in [-0.39, 0.29) is 0 Å². The van der Waals surface area contributed by atoms with Crippen molar-refractivity contribution in [3.8, 4) is 11.5 Å². The lowest BCUT2D eigenvalue weighted by Gasteiger charge is -2.30. The highest BCUT2D eigenvalue weighted by atomic mass is 79.9. The molecule has 9 heteroatoms. The summed E-state index contributed by atoms with van der Waals surface area (Å²) < 4.78 is 11.3. The summed E-state index contributed by atoms with van der Waals surface area (Å²) in [6.45, 7) is 0. The van der Waals surface area contributed by atoms with E-state index >= 15 is 0 Å². The average Bonchev–Trinajstić information content (AvgIpc) is 3.25. The van der Waals surface area contributed by atoms with Gasteiger partial charge in [0.05, 0.1) is 30.5 Å². The number of benzene rings is 2. The van der Waals surface area contributed by atoms with Crippen molar-refractivity contribution in [3.63, 3.8) is 0 Å². The van der Waals surface area contributed by atoms with Crippen molar-refractivity contribution in [1.29, 1.82) is 0 Å². The zero-order valence-electron chi connectivity index (χ0n) is 16.1. The number of imide groups is 1. The zero-order chi connectivity index (χ0) is 21.6. The fourth-order valence-electron chi connectivity index (χ4n) is 4.52. The number of carbonyl (C=O) groups is 3. The molecule has 0 bridgehead atoms. The minimum atomic E-state index is -1.76. The smallest absolute Gasteiger partial charge is 0.329 e. The fraction of sp³-hybridized carbons (Fsp3) is 0.286. The highest BCUT2D eigenvalue weighted by molar-refractivity contribution is 9.10. The number of carboxylic acids is 1. The standard InChI is InChI=1S/C21H19BrN2O6/c1-29-13-9-10(8-12(22)17(13)30-2)16-14-15(19(26)23-18(14)25)21(24-16,20(27)28)11-6-4-3-5-7-11/h3-9,14-16,24H,1-2H3,(H,27,28)(H,23,25,26). The first-order valence-corrected chi connectivity index (χ1v) is 9.97. The Kier molecular flexibility index (Phi) is 5.03. The van der Waals surface area contributed by atoms with Gasteiger partial charge in [0.1, 0.15) is 0 Å². The van der Waals surface area contributed by atoms with Gasteiger partial charge in [0, 0.05) is 6.04 Å². The van der Waals surface area contributed by atoms with Gasteiger partial charge in [-0.1, -0.05) is 30.3 Å². The average molecular weight is 475 g/mol. The molecule has 2 aromatic carbocycles. The van der Waals surface area contributed by atoms with Gasteiger partial charge >= 0.3 is 5.97 Å². The van der Waals surface area contributed by atoms with Gasteiger partial charge in [-0.3, -0.25) is 20.2 Å². The molecule has 4 rings (SSSR count). The molecule has 2 aliphatic heterocycles. The van der Waals surface area contributed by atoms with Crippen molar-refractivity contribution >= 4 is 33.7 Å². The topological polar surface area (TPSA) is 114 Å². The van der Waals surface area contributed by atoms with E-state index in [2.05, 4.69) is 26.6 Å². The number of methoxy groups -OCH3 is 2. The molecular formula is C21H19BrN2O6. The molecule has 0 radical (unpaired) electrons. The van der Waals surface area contributed by atoms with Crippen molar-refractivity contribution < 1.29 is 29.0 Å². The maximum Gasteiger partial charge on any atom is 0.329 e. The van der Waals surface area contributed by atoms with Gasteiger partial charge in [0.25, 0.3) is 0 Å². The summed E-state index contributed by atoms with van der Waals surface area (Å²) in [5.41, 5.74) is -0.759. The molecule has 0 aliphatic carbocycles. The third-order valence-electron chi connectivity index (χ3n) is 5.78. The number of amides is 2. The summed E-state index contributed by atoms with van der Waals surface area (Å²) in [6, 6.07) is 11.1. The molecule has 4 atom stereocenters. The number of carboxylic acid groups (broad SMARTS) is 1. The monoisotopic (exact) mass is 474 g/mol. The quantitative estimate of drug-likeness (QED) is 0.567. The molecule has 2 amide bonds. The Hall–Kier alpha value is -2.91. The summed E-state index contributed by atoms with van der Waals surface area (Å²) in [7, 11) is 2.98. The number of fused-ring (bicyclic) bond motifs is 1. The minimum Gasteiger partial charge on any atom is -0.493 e. The predicted molar refractivity (Wildman–Crippen MR) is 109 cm³/mol. The van der Waals surface area contributed by atoms with Gasteiger partial charge in [-0.25, -0.2) is 4.79 Å². The van der Waals surface area contributed by atoms with Crippen LogP contribution in [0, 0.1) is 11.8 Å². The molecule has 2 fully saturated rings. The fourth-order valence-corrected chi connectivity index (χ4v) is 5.14. The van der Waals surface area contributed by atoms with Crippen molar-refractivity contribution in [2.75, 3.05) is 14.2 Å². The van der Waals surface area contributed by atoms with Crippen molar-refractivity contribution in [2.24, 2.45) is 11.8 Å². The number of ether oxygens (including phenoxy) is 2. The third-order valence-corrected chi connectivity index (χ3v) is 6.37. The van der Waals surface area contributed by atoms with Crippen LogP contribution in [-0.2, 0) is 19.9 Å². The van der Waals surface area contributed by atoms with E-state index in [4.69, 9.17) is 9.47 Å². The molecule has 2 aliphatic rings. The van der Waals surface area contributed by atoms with Gasteiger partial charge in [0.2, 0.25) is 11.8 Å². The van der Waals surface area contributed by atoms with Crippen molar-refractivity contribution in [2.45, 2.75) is 11.6 Å². The first-order chi connectivity index (χ1) is 14.3. The SMILES string of the molecule is COc1cc(C2NC(C(=O)O)(c3ccccc3)C3C(=O)NC(=O)C23)cc(Br)c1OC. The van der Waals surface area contributed by atoms with Crippen LogP contribution in [0.15, 0.2) is 46.9 Å².